The van der Waals surface area contributed by atoms with E-state index >= 15 is 0 Å². The summed E-state index contributed by atoms with van der Waals surface area (Å²) in [4.78, 5) is 10.1. The Morgan fingerprint density at radius 3 is 1.16 bits per heavy atom. The van der Waals surface area contributed by atoms with Crippen molar-refractivity contribution in [3.8, 4) is 0 Å². The van der Waals surface area contributed by atoms with Gasteiger partial charge in [-0.25, -0.2) is 0 Å². The van der Waals surface area contributed by atoms with Crippen molar-refractivity contribution >= 4 is 6.29 Å². The molecule has 0 bridgehead atoms. The topological polar surface area (TPSA) is 17.1 Å². The molecule has 1 nitrogen and oxygen atoms in total. The standard InChI is InChI=1S/C18H36O/c1-2-3-4-5-6-7-8-9-10-11-12-13-14-15-16-17-18-19/h18H,2-17H2,1H3. The number of hydrogen-bond acceptors (Lipinski definition) is 1. The van der Waals surface area contributed by atoms with Gasteiger partial charge in [0.15, 0.2) is 0 Å². The lowest BCUT2D eigenvalue weighted by molar-refractivity contribution is -0.107. The molecule has 0 aliphatic carbocycles. The van der Waals surface area contributed by atoms with E-state index in [9.17, 15) is 4.79 Å². The van der Waals surface area contributed by atoms with Gasteiger partial charge in [-0.2, -0.15) is 0 Å². The summed E-state index contributed by atoms with van der Waals surface area (Å²) in [5.74, 6) is 0. The zero-order valence-electron chi connectivity index (χ0n) is 13.3. The van der Waals surface area contributed by atoms with Gasteiger partial charge in [-0.1, -0.05) is 96.8 Å². The summed E-state index contributed by atoms with van der Waals surface area (Å²) in [6.45, 7) is 2.28. The molecule has 0 aliphatic heterocycles. The minimum atomic E-state index is 0.762. The zero-order chi connectivity index (χ0) is 14.0. The Bertz CT molecular complexity index is 165. The summed E-state index contributed by atoms with van der Waals surface area (Å²) in [7, 11) is 0. The number of aldehydes is 1. The van der Waals surface area contributed by atoms with Gasteiger partial charge >= 0.3 is 0 Å². The van der Waals surface area contributed by atoms with Crippen LogP contribution in [0.5, 0.6) is 0 Å². The third-order valence-electron chi connectivity index (χ3n) is 3.93. The van der Waals surface area contributed by atoms with Gasteiger partial charge in [0.2, 0.25) is 0 Å². The Labute approximate surface area is 121 Å². The van der Waals surface area contributed by atoms with Crippen LogP contribution >= 0.6 is 0 Å². The van der Waals surface area contributed by atoms with E-state index < -0.39 is 0 Å². The molecule has 0 aromatic rings. The lowest BCUT2D eigenvalue weighted by Gasteiger charge is -2.02. The second-order valence-corrected chi connectivity index (χ2v) is 5.91. The molecule has 0 radical (unpaired) electrons. The molecule has 0 spiro atoms. The van der Waals surface area contributed by atoms with E-state index in [4.69, 9.17) is 0 Å². The average molecular weight is 268 g/mol. The third-order valence-corrected chi connectivity index (χ3v) is 3.93. The molecule has 19 heavy (non-hydrogen) atoms. The van der Waals surface area contributed by atoms with Gasteiger partial charge in [-0.05, 0) is 6.42 Å². The Hall–Kier alpha value is -0.330. The molecule has 0 saturated heterocycles. The summed E-state index contributed by atoms with van der Waals surface area (Å²) in [5, 5.41) is 0. The first-order valence-corrected chi connectivity index (χ1v) is 8.85. The molecule has 0 N–H and O–H groups in total. The fourth-order valence-corrected chi connectivity index (χ4v) is 2.60. The highest BCUT2D eigenvalue weighted by Crippen LogP contribution is 2.13. The van der Waals surface area contributed by atoms with Gasteiger partial charge < -0.3 is 4.79 Å². The van der Waals surface area contributed by atoms with E-state index in [2.05, 4.69) is 6.92 Å². The van der Waals surface area contributed by atoms with Crippen LogP contribution in [0.3, 0.4) is 0 Å². The number of unbranched alkanes of at least 4 members (excludes halogenated alkanes) is 15. The van der Waals surface area contributed by atoms with Crippen LogP contribution in [-0.4, -0.2) is 6.29 Å². The first-order chi connectivity index (χ1) is 9.41. The van der Waals surface area contributed by atoms with Crippen molar-refractivity contribution in [3.63, 3.8) is 0 Å². The van der Waals surface area contributed by atoms with E-state index in [1.165, 1.54) is 89.9 Å². The molecular formula is C18H36O. The first-order valence-electron chi connectivity index (χ1n) is 8.85. The van der Waals surface area contributed by atoms with Crippen molar-refractivity contribution < 1.29 is 4.79 Å². The Balaban J connectivity index is 2.89. The number of carbonyl (C=O) groups excluding carboxylic acids is 1. The minimum Gasteiger partial charge on any atom is -0.303 e. The number of rotatable bonds is 16. The van der Waals surface area contributed by atoms with Crippen LogP contribution in [0.1, 0.15) is 110 Å². The fraction of sp³-hybridized carbons (Fsp3) is 0.944. The smallest absolute Gasteiger partial charge is 0.119 e. The Morgan fingerprint density at radius 1 is 0.526 bits per heavy atom. The van der Waals surface area contributed by atoms with Crippen LogP contribution in [-0.2, 0) is 4.79 Å². The van der Waals surface area contributed by atoms with Crippen LogP contribution in [0.25, 0.3) is 0 Å². The van der Waals surface area contributed by atoms with Gasteiger partial charge in [0.1, 0.15) is 6.29 Å². The van der Waals surface area contributed by atoms with E-state index in [1.807, 2.05) is 0 Å². The van der Waals surface area contributed by atoms with Gasteiger partial charge in [0, 0.05) is 6.42 Å². The van der Waals surface area contributed by atoms with Gasteiger partial charge in [0.05, 0.1) is 0 Å². The summed E-state index contributed by atoms with van der Waals surface area (Å²) in [5.41, 5.74) is 0. The molecule has 0 saturated carbocycles. The maximum Gasteiger partial charge on any atom is 0.119 e. The lowest BCUT2D eigenvalue weighted by atomic mass is 10.0. The highest BCUT2D eigenvalue weighted by Gasteiger charge is 1.94. The van der Waals surface area contributed by atoms with Gasteiger partial charge in [-0.15, -0.1) is 0 Å². The van der Waals surface area contributed by atoms with Crippen LogP contribution in [0, 0.1) is 0 Å². The van der Waals surface area contributed by atoms with E-state index in [-0.39, 0.29) is 0 Å². The van der Waals surface area contributed by atoms with Crippen molar-refractivity contribution in [3.05, 3.63) is 0 Å². The van der Waals surface area contributed by atoms with Gasteiger partial charge in [-0.3, -0.25) is 0 Å². The lowest BCUT2D eigenvalue weighted by Crippen LogP contribution is -1.83. The molecule has 114 valence electrons. The normalized spacial score (nSPS) is 10.8. The molecule has 0 aromatic carbocycles. The summed E-state index contributed by atoms with van der Waals surface area (Å²) >= 11 is 0. The molecule has 0 heterocycles. The quantitative estimate of drug-likeness (QED) is 0.232. The average Bonchev–Trinajstić information content (AvgIpc) is 2.43. The molecule has 0 fully saturated rings. The monoisotopic (exact) mass is 268 g/mol. The highest BCUT2D eigenvalue weighted by molar-refractivity contribution is 5.48. The molecule has 0 aromatic heterocycles. The van der Waals surface area contributed by atoms with Crippen LogP contribution < -0.4 is 0 Å². The molecule has 0 amide bonds. The largest absolute Gasteiger partial charge is 0.303 e. The molecule has 0 atom stereocenters. The van der Waals surface area contributed by atoms with Crippen molar-refractivity contribution in [1.29, 1.82) is 0 Å². The van der Waals surface area contributed by atoms with Crippen LogP contribution in [0.2, 0.25) is 0 Å². The van der Waals surface area contributed by atoms with Crippen molar-refractivity contribution in [1.82, 2.24) is 0 Å². The molecule has 1 heteroatoms. The molecule has 0 aliphatic rings. The number of hydrogen-bond donors (Lipinski definition) is 0. The second kappa shape index (κ2) is 17.7. The number of carbonyl (C=O) groups is 1. The summed E-state index contributed by atoms with van der Waals surface area (Å²) in [6.07, 6.45) is 22.6. The maximum atomic E-state index is 10.1. The van der Waals surface area contributed by atoms with E-state index in [0.717, 1.165) is 19.1 Å². The molecular weight excluding hydrogens is 232 g/mol. The predicted molar refractivity (Wildman–Crippen MR) is 85.6 cm³/mol. The molecule has 0 unspecified atom stereocenters. The Morgan fingerprint density at radius 2 is 0.842 bits per heavy atom. The van der Waals surface area contributed by atoms with Crippen molar-refractivity contribution in [2.75, 3.05) is 0 Å². The van der Waals surface area contributed by atoms with E-state index in [0.29, 0.717) is 0 Å². The first kappa shape index (κ1) is 18.7. The van der Waals surface area contributed by atoms with Gasteiger partial charge in [0.25, 0.3) is 0 Å². The van der Waals surface area contributed by atoms with Crippen LogP contribution in [0.4, 0.5) is 0 Å². The summed E-state index contributed by atoms with van der Waals surface area (Å²) < 4.78 is 0. The minimum absolute atomic E-state index is 0.762. The van der Waals surface area contributed by atoms with Crippen molar-refractivity contribution in [2.45, 2.75) is 110 Å². The maximum absolute atomic E-state index is 10.1. The third kappa shape index (κ3) is 17.7. The highest BCUT2D eigenvalue weighted by atomic mass is 16.1. The zero-order valence-corrected chi connectivity index (χ0v) is 13.3. The second-order valence-electron chi connectivity index (χ2n) is 5.91. The fourth-order valence-electron chi connectivity index (χ4n) is 2.60. The molecule has 0 rings (SSSR count). The predicted octanol–water partition coefficient (Wildman–Crippen LogP) is 6.45. The van der Waals surface area contributed by atoms with Crippen LogP contribution in [0.15, 0.2) is 0 Å². The Kier molecular flexibility index (Phi) is 17.4. The van der Waals surface area contributed by atoms with Crippen molar-refractivity contribution in [2.24, 2.45) is 0 Å². The SMILES string of the molecule is CCCCCCCCCCCCCCCCCC=O. The van der Waals surface area contributed by atoms with E-state index in [1.54, 1.807) is 0 Å². The summed E-state index contributed by atoms with van der Waals surface area (Å²) in [6, 6.07) is 0.